The van der Waals surface area contributed by atoms with Crippen LogP contribution in [0.15, 0.2) is 78.9 Å². The van der Waals surface area contributed by atoms with Gasteiger partial charge in [0.15, 0.2) is 0 Å². The Hall–Kier alpha value is -3.56. The van der Waals surface area contributed by atoms with Crippen molar-refractivity contribution in [3.8, 4) is 11.5 Å². The molecule has 0 unspecified atom stereocenters. The van der Waals surface area contributed by atoms with Gasteiger partial charge in [-0.05, 0) is 66.9 Å². The lowest BCUT2D eigenvalue weighted by atomic mass is 10.0. The molecule has 38 heavy (non-hydrogen) atoms. The number of aliphatic hydroxyl groups is 1. The summed E-state index contributed by atoms with van der Waals surface area (Å²) >= 11 is 0. The minimum atomic E-state index is -4.77. The van der Waals surface area contributed by atoms with Gasteiger partial charge in [0, 0.05) is 6.54 Å². The first-order chi connectivity index (χ1) is 18.2. The lowest BCUT2D eigenvalue weighted by Crippen LogP contribution is -2.47. The fraction of sp³-hybridized carbons (Fsp3) is 0.345. The Balaban J connectivity index is 1.38. The zero-order valence-corrected chi connectivity index (χ0v) is 20.9. The first-order valence-corrected chi connectivity index (χ1v) is 12.6. The molecule has 9 heteroatoms. The van der Waals surface area contributed by atoms with Gasteiger partial charge >= 0.3 is 6.36 Å². The van der Waals surface area contributed by atoms with Gasteiger partial charge in [0.05, 0.1) is 12.5 Å². The van der Waals surface area contributed by atoms with Gasteiger partial charge in [-0.25, -0.2) is 0 Å². The number of benzene rings is 3. The molecule has 0 spiro atoms. The molecule has 0 aliphatic carbocycles. The first kappa shape index (κ1) is 27.5. The van der Waals surface area contributed by atoms with Crippen molar-refractivity contribution in [3.05, 3.63) is 95.6 Å². The molecule has 2 N–H and O–H groups in total. The van der Waals surface area contributed by atoms with E-state index in [9.17, 15) is 23.1 Å². The van der Waals surface area contributed by atoms with Gasteiger partial charge in [-0.3, -0.25) is 4.79 Å². The number of nitrogens with zero attached hydrogens (tertiary/aromatic N) is 1. The number of carbonyl (C=O) groups excluding carboxylic acids is 1. The van der Waals surface area contributed by atoms with Crippen LogP contribution in [0.3, 0.4) is 0 Å². The topological polar surface area (TPSA) is 71.0 Å². The highest BCUT2D eigenvalue weighted by Crippen LogP contribution is 2.24. The predicted molar refractivity (Wildman–Crippen MR) is 137 cm³/mol. The number of alkyl halides is 3. The first-order valence-electron chi connectivity index (χ1n) is 12.6. The molecule has 0 saturated carbocycles. The number of hydrogen-bond donors (Lipinski definition) is 2. The van der Waals surface area contributed by atoms with E-state index in [1.54, 1.807) is 24.3 Å². The molecule has 1 amide bonds. The molecule has 0 aromatic heterocycles. The van der Waals surface area contributed by atoms with Crippen LogP contribution < -0.4 is 14.8 Å². The molecule has 2 atom stereocenters. The zero-order chi connectivity index (χ0) is 27.0. The smallest absolute Gasteiger partial charge is 0.489 e. The molecule has 1 aliphatic rings. The Morgan fingerprint density at radius 3 is 2.16 bits per heavy atom. The minimum absolute atomic E-state index is 0.0399. The Morgan fingerprint density at radius 1 is 0.895 bits per heavy atom. The third-order valence-corrected chi connectivity index (χ3v) is 6.37. The van der Waals surface area contributed by atoms with Crippen molar-refractivity contribution in [2.24, 2.45) is 0 Å². The Bertz CT molecular complexity index is 1150. The highest BCUT2D eigenvalue weighted by Gasteiger charge is 2.31. The van der Waals surface area contributed by atoms with Crippen LogP contribution in [0.4, 0.5) is 13.2 Å². The summed E-state index contributed by atoms with van der Waals surface area (Å²) in [4.78, 5) is 15.1. The van der Waals surface area contributed by atoms with Crippen LogP contribution in [0.1, 0.15) is 35.6 Å². The average Bonchev–Trinajstić information content (AvgIpc) is 3.41. The molecule has 3 aromatic carbocycles. The SMILES string of the molecule is O=C(Cc1ccc(OC(F)(F)F)cc1)N[C@H](CN1CCCC1)[C@H](O)c1ccc(OCc2ccccc2)cc1. The van der Waals surface area contributed by atoms with E-state index < -0.39 is 18.5 Å². The second-order valence-corrected chi connectivity index (χ2v) is 9.34. The molecule has 1 fully saturated rings. The van der Waals surface area contributed by atoms with E-state index in [2.05, 4.69) is 15.0 Å². The molecule has 1 heterocycles. The summed E-state index contributed by atoms with van der Waals surface area (Å²) in [5.74, 6) is -0.0105. The number of amides is 1. The van der Waals surface area contributed by atoms with Crippen molar-refractivity contribution in [1.82, 2.24) is 10.2 Å². The maximum absolute atomic E-state index is 12.8. The Morgan fingerprint density at radius 2 is 1.53 bits per heavy atom. The van der Waals surface area contributed by atoms with Crippen LogP contribution in [0, 0.1) is 0 Å². The molecular formula is C29H31F3N2O4. The van der Waals surface area contributed by atoms with E-state index in [4.69, 9.17) is 4.74 Å². The van der Waals surface area contributed by atoms with E-state index in [1.165, 1.54) is 24.3 Å². The highest BCUT2D eigenvalue weighted by molar-refractivity contribution is 5.79. The van der Waals surface area contributed by atoms with Gasteiger partial charge in [-0.15, -0.1) is 13.2 Å². The standard InChI is InChI=1S/C29H31F3N2O4/c30-29(31,32)38-25-12-8-21(9-13-25)18-27(35)33-26(19-34-16-4-5-17-34)28(36)23-10-14-24(15-11-23)37-20-22-6-2-1-3-7-22/h1-3,6-15,26,28,36H,4-5,16-20H2,(H,33,35)/t26-,28-/m1/s1. The van der Waals surface area contributed by atoms with Gasteiger partial charge in [0.25, 0.3) is 0 Å². The number of carbonyl (C=O) groups is 1. The second-order valence-electron chi connectivity index (χ2n) is 9.34. The molecule has 1 saturated heterocycles. The molecule has 1 aliphatic heterocycles. The Kier molecular flexibility index (Phi) is 9.25. The van der Waals surface area contributed by atoms with Crippen LogP contribution in [0.25, 0.3) is 0 Å². The number of hydrogen-bond acceptors (Lipinski definition) is 5. The minimum Gasteiger partial charge on any atom is -0.489 e. The quantitative estimate of drug-likeness (QED) is 0.366. The lowest BCUT2D eigenvalue weighted by molar-refractivity contribution is -0.274. The van der Waals surface area contributed by atoms with Gasteiger partial charge in [-0.1, -0.05) is 54.6 Å². The van der Waals surface area contributed by atoms with Crippen LogP contribution in [-0.4, -0.2) is 48.0 Å². The summed E-state index contributed by atoms with van der Waals surface area (Å²) in [5.41, 5.74) is 2.23. The summed E-state index contributed by atoms with van der Waals surface area (Å²) in [7, 11) is 0. The monoisotopic (exact) mass is 528 g/mol. The molecule has 6 nitrogen and oxygen atoms in total. The summed E-state index contributed by atoms with van der Waals surface area (Å²) in [5, 5.41) is 14.1. The maximum atomic E-state index is 12.8. The Labute approximate surface area is 220 Å². The van der Waals surface area contributed by atoms with Crippen molar-refractivity contribution < 1.29 is 32.5 Å². The van der Waals surface area contributed by atoms with Crippen LogP contribution in [0.5, 0.6) is 11.5 Å². The van der Waals surface area contributed by atoms with Gasteiger partial charge in [0.2, 0.25) is 5.91 Å². The fourth-order valence-corrected chi connectivity index (χ4v) is 4.45. The zero-order valence-electron chi connectivity index (χ0n) is 20.9. The summed E-state index contributed by atoms with van der Waals surface area (Å²) in [6, 6.07) is 21.6. The molecule has 4 rings (SSSR count). The normalized spacial score (nSPS) is 15.6. The third kappa shape index (κ3) is 8.49. The van der Waals surface area contributed by atoms with Crippen LogP contribution in [-0.2, 0) is 17.8 Å². The highest BCUT2D eigenvalue weighted by atomic mass is 19.4. The van der Waals surface area contributed by atoms with Gasteiger partial charge < -0.3 is 24.8 Å². The van der Waals surface area contributed by atoms with E-state index in [1.807, 2.05) is 30.3 Å². The number of likely N-dealkylation sites (tertiary alicyclic amines) is 1. The molecule has 0 bridgehead atoms. The fourth-order valence-electron chi connectivity index (χ4n) is 4.45. The molecule has 0 radical (unpaired) electrons. The van der Waals surface area contributed by atoms with Crippen LogP contribution >= 0.6 is 0 Å². The third-order valence-electron chi connectivity index (χ3n) is 6.37. The van der Waals surface area contributed by atoms with E-state index in [-0.39, 0.29) is 18.1 Å². The summed E-state index contributed by atoms with van der Waals surface area (Å²) < 4.78 is 46.9. The van der Waals surface area contributed by atoms with Crippen molar-refractivity contribution >= 4 is 5.91 Å². The number of aliphatic hydroxyl groups excluding tert-OH is 1. The average molecular weight is 529 g/mol. The van der Waals surface area contributed by atoms with Crippen LogP contribution in [0.2, 0.25) is 0 Å². The van der Waals surface area contributed by atoms with Crippen molar-refractivity contribution in [1.29, 1.82) is 0 Å². The van der Waals surface area contributed by atoms with E-state index in [0.717, 1.165) is 31.5 Å². The van der Waals surface area contributed by atoms with Gasteiger partial charge in [0.1, 0.15) is 24.2 Å². The van der Waals surface area contributed by atoms with Gasteiger partial charge in [-0.2, -0.15) is 0 Å². The lowest BCUT2D eigenvalue weighted by Gasteiger charge is -2.29. The largest absolute Gasteiger partial charge is 0.573 e. The van der Waals surface area contributed by atoms with E-state index in [0.29, 0.717) is 30.0 Å². The maximum Gasteiger partial charge on any atom is 0.573 e. The molecule has 3 aromatic rings. The molecule has 202 valence electrons. The van der Waals surface area contributed by atoms with E-state index >= 15 is 0 Å². The van der Waals surface area contributed by atoms with Crippen molar-refractivity contribution in [2.45, 2.75) is 44.4 Å². The number of ether oxygens (including phenoxy) is 2. The summed E-state index contributed by atoms with van der Waals surface area (Å²) in [6.45, 7) is 2.70. The number of rotatable bonds is 11. The van der Waals surface area contributed by atoms with Crippen molar-refractivity contribution in [2.75, 3.05) is 19.6 Å². The number of halogens is 3. The summed E-state index contributed by atoms with van der Waals surface area (Å²) in [6.07, 6.45) is -3.64. The number of nitrogens with one attached hydrogen (secondary N) is 1. The molecular weight excluding hydrogens is 497 g/mol. The predicted octanol–water partition coefficient (Wildman–Crippen LogP) is 5.02. The second kappa shape index (κ2) is 12.8. The van der Waals surface area contributed by atoms with Crippen molar-refractivity contribution in [3.63, 3.8) is 0 Å².